The Bertz CT molecular complexity index is 327. The van der Waals surface area contributed by atoms with Crippen LogP contribution in [0.25, 0.3) is 0 Å². The Labute approximate surface area is 97.0 Å². The molecule has 0 bridgehead atoms. The summed E-state index contributed by atoms with van der Waals surface area (Å²) in [4.78, 5) is 0. The minimum Gasteiger partial charge on any atom is -0.372 e. The summed E-state index contributed by atoms with van der Waals surface area (Å²) in [5.41, 5.74) is 8.22. The van der Waals surface area contributed by atoms with Crippen LogP contribution in [0, 0.1) is 0 Å². The van der Waals surface area contributed by atoms with Crippen molar-refractivity contribution in [2.75, 3.05) is 26.2 Å². The molecule has 0 aliphatic carbocycles. The van der Waals surface area contributed by atoms with Gasteiger partial charge in [0, 0.05) is 6.54 Å². The Morgan fingerprint density at radius 2 is 2.25 bits per heavy atom. The van der Waals surface area contributed by atoms with E-state index < -0.39 is 0 Å². The first-order valence-corrected chi connectivity index (χ1v) is 6.02. The van der Waals surface area contributed by atoms with Crippen LogP contribution < -0.4 is 11.1 Å². The molecule has 1 heterocycles. The highest BCUT2D eigenvalue weighted by Crippen LogP contribution is 2.25. The normalized spacial score (nSPS) is 19.4. The number of benzene rings is 1. The molecule has 3 heteroatoms. The van der Waals surface area contributed by atoms with E-state index in [1.54, 1.807) is 0 Å². The molecular weight excluding hydrogens is 200 g/mol. The Hall–Kier alpha value is -0.900. The lowest BCUT2D eigenvalue weighted by atomic mass is 9.97. The van der Waals surface area contributed by atoms with Crippen molar-refractivity contribution in [3.63, 3.8) is 0 Å². The van der Waals surface area contributed by atoms with Gasteiger partial charge in [-0.15, -0.1) is 0 Å². The maximum atomic E-state index is 5.79. The molecule has 2 rings (SSSR count). The van der Waals surface area contributed by atoms with Gasteiger partial charge in [0.15, 0.2) is 0 Å². The largest absolute Gasteiger partial charge is 0.372 e. The Morgan fingerprint density at radius 3 is 3.12 bits per heavy atom. The molecule has 0 aromatic heterocycles. The fraction of sp³-hybridized carbons (Fsp3) is 0.538. The molecular formula is C13H20N2O. The van der Waals surface area contributed by atoms with Crippen molar-refractivity contribution in [3.8, 4) is 0 Å². The van der Waals surface area contributed by atoms with E-state index in [9.17, 15) is 0 Å². The van der Waals surface area contributed by atoms with Crippen LogP contribution in [0.4, 0.5) is 0 Å². The van der Waals surface area contributed by atoms with Gasteiger partial charge in [0.25, 0.3) is 0 Å². The molecule has 0 saturated heterocycles. The predicted molar refractivity (Wildman–Crippen MR) is 65.4 cm³/mol. The first kappa shape index (κ1) is 11.6. The molecule has 1 aliphatic heterocycles. The molecule has 88 valence electrons. The van der Waals surface area contributed by atoms with E-state index in [0.29, 0.717) is 0 Å². The van der Waals surface area contributed by atoms with Crippen LogP contribution in [-0.4, -0.2) is 26.2 Å². The SMILES string of the molecule is NCCCNCC1OCCc2ccccc21. The molecule has 1 aromatic rings. The zero-order chi connectivity index (χ0) is 11.2. The van der Waals surface area contributed by atoms with E-state index in [1.807, 2.05) is 0 Å². The number of rotatable bonds is 5. The van der Waals surface area contributed by atoms with Gasteiger partial charge in [0.1, 0.15) is 0 Å². The first-order chi connectivity index (χ1) is 7.92. The summed E-state index contributed by atoms with van der Waals surface area (Å²) >= 11 is 0. The van der Waals surface area contributed by atoms with Gasteiger partial charge in [-0.25, -0.2) is 0 Å². The van der Waals surface area contributed by atoms with Gasteiger partial charge in [0.2, 0.25) is 0 Å². The van der Waals surface area contributed by atoms with Crippen LogP contribution in [0.3, 0.4) is 0 Å². The summed E-state index contributed by atoms with van der Waals surface area (Å²) in [6.45, 7) is 3.44. The summed E-state index contributed by atoms with van der Waals surface area (Å²) in [6.07, 6.45) is 2.27. The molecule has 1 aromatic carbocycles. The summed E-state index contributed by atoms with van der Waals surface area (Å²) in [5, 5.41) is 3.39. The molecule has 0 fully saturated rings. The standard InChI is InChI=1S/C13H20N2O/c14-7-3-8-15-10-13-12-5-2-1-4-11(12)6-9-16-13/h1-2,4-5,13,15H,3,6-10,14H2. The first-order valence-electron chi connectivity index (χ1n) is 6.02. The van der Waals surface area contributed by atoms with Crippen LogP contribution in [0.1, 0.15) is 23.7 Å². The van der Waals surface area contributed by atoms with Crippen molar-refractivity contribution >= 4 is 0 Å². The van der Waals surface area contributed by atoms with Crippen molar-refractivity contribution < 1.29 is 4.74 Å². The highest BCUT2D eigenvalue weighted by atomic mass is 16.5. The average molecular weight is 220 g/mol. The predicted octanol–water partition coefficient (Wildman–Crippen LogP) is 1.24. The third-order valence-electron chi connectivity index (χ3n) is 2.98. The quantitative estimate of drug-likeness (QED) is 0.734. The van der Waals surface area contributed by atoms with E-state index in [0.717, 1.165) is 39.1 Å². The minimum atomic E-state index is 0.211. The van der Waals surface area contributed by atoms with Crippen LogP contribution >= 0.6 is 0 Å². The zero-order valence-corrected chi connectivity index (χ0v) is 9.61. The number of fused-ring (bicyclic) bond motifs is 1. The van der Waals surface area contributed by atoms with Crippen molar-refractivity contribution in [2.45, 2.75) is 18.9 Å². The van der Waals surface area contributed by atoms with Gasteiger partial charge in [0.05, 0.1) is 12.7 Å². The highest BCUT2D eigenvalue weighted by Gasteiger charge is 2.19. The van der Waals surface area contributed by atoms with E-state index >= 15 is 0 Å². The molecule has 16 heavy (non-hydrogen) atoms. The third kappa shape index (κ3) is 2.82. The Kier molecular flexibility index (Phi) is 4.34. The lowest BCUT2D eigenvalue weighted by Gasteiger charge is -2.26. The third-order valence-corrected chi connectivity index (χ3v) is 2.98. The van der Waals surface area contributed by atoms with Crippen LogP contribution in [0.2, 0.25) is 0 Å². The molecule has 3 N–H and O–H groups in total. The molecule has 3 nitrogen and oxygen atoms in total. The molecule has 0 radical (unpaired) electrons. The average Bonchev–Trinajstić information content (AvgIpc) is 2.35. The second-order valence-corrected chi connectivity index (χ2v) is 4.15. The highest BCUT2D eigenvalue weighted by molar-refractivity contribution is 5.31. The maximum absolute atomic E-state index is 5.79. The molecule has 0 saturated carbocycles. The number of nitrogens with one attached hydrogen (secondary N) is 1. The Balaban J connectivity index is 1.91. The summed E-state index contributed by atoms with van der Waals surface area (Å²) in [6, 6.07) is 8.55. The minimum absolute atomic E-state index is 0.211. The molecule has 1 aliphatic rings. The molecule has 0 amide bonds. The van der Waals surface area contributed by atoms with Gasteiger partial charge in [-0.1, -0.05) is 24.3 Å². The second kappa shape index (κ2) is 5.99. The summed E-state index contributed by atoms with van der Waals surface area (Å²) in [7, 11) is 0. The van der Waals surface area contributed by atoms with Crippen molar-refractivity contribution in [2.24, 2.45) is 5.73 Å². The topological polar surface area (TPSA) is 47.3 Å². The van der Waals surface area contributed by atoms with Crippen LogP contribution in [-0.2, 0) is 11.2 Å². The van der Waals surface area contributed by atoms with Gasteiger partial charge in [-0.2, -0.15) is 0 Å². The fourth-order valence-corrected chi connectivity index (χ4v) is 2.11. The van der Waals surface area contributed by atoms with E-state index in [2.05, 4.69) is 29.6 Å². The fourth-order valence-electron chi connectivity index (χ4n) is 2.11. The summed E-state index contributed by atoms with van der Waals surface area (Å²) in [5.74, 6) is 0. The number of hydrogen-bond acceptors (Lipinski definition) is 3. The lowest BCUT2D eigenvalue weighted by molar-refractivity contribution is 0.0426. The van der Waals surface area contributed by atoms with E-state index in [-0.39, 0.29) is 6.10 Å². The molecule has 1 atom stereocenters. The van der Waals surface area contributed by atoms with Crippen molar-refractivity contribution in [1.29, 1.82) is 0 Å². The van der Waals surface area contributed by atoms with E-state index in [1.165, 1.54) is 11.1 Å². The second-order valence-electron chi connectivity index (χ2n) is 4.15. The smallest absolute Gasteiger partial charge is 0.0952 e. The zero-order valence-electron chi connectivity index (χ0n) is 9.61. The van der Waals surface area contributed by atoms with E-state index in [4.69, 9.17) is 10.5 Å². The van der Waals surface area contributed by atoms with Gasteiger partial charge in [-0.05, 0) is 37.1 Å². The number of hydrogen-bond donors (Lipinski definition) is 2. The van der Waals surface area contributed by atoms with Gasteiger partial charge in [-0.3, -0.25) is 0 Å². The van der Waals surface area contributed by atoms with Gasteiger partial charge >= 0.3 is 0 Å². The van der Waals surface area contributed by atoms with Crippen molar-refractivity contribution in [1.82, 2.24) is 5.32 Å². The lowest BCUT2D eigenvalue weighted by Crippen LogP contribution is -2.28. The number of nitrogens with two attached hydrogens (primary N) is 1. The van der Waals surface area contributed by atoms with Gasteiger partial charge < -0.3 is 15.8 Å². The molecule has 1 unspecified atom stereocenters. The van der Waals surface area contributed by atoms with Crippen LogP contribution in [0.15, 0.2) is 24.3 Å². The van der Waals surface area contributed by atoms with Crippen molar-refractivity contribution in [3.05, 3.63) is 35.4 Å². The maximum Gasteiger partial charge on any atom is 0.0952 e. The monoisotopic (exact) mass is 220 g/mol. The number of ether oxygens (including phenoxy) is 1. The summed E-state index contributed by atoms with van der Waals surface area (Å²) < 4.78 is 5.79. The van der Waals surface area contributed by atoms with Crippen LogP contribution in [0.5, 0.6) is 0 Å². The molecule has 0 spiro atoms. The Morgan fingerprint density at radius 1 is 1.38 bits per heavy atom.